The van der Waals surface area contributed by atoms with Gasteiger partial charge in [0.1, 0.15) is 29.7 Å². The molecule has 0 aliphatic heterocycles. The van der Waals surface area contributed by atoms with E-state index in [0.717, 1.165) is 22.5 Å². The Morgan fingerprint density at radius 2 is 1.78 bits per heavy atom. The van der Waals surface area contributed by atoms with Crippen LogP contribution in [0.5, 0.6) is 11.5 Å². The lowest BCUT2D eigenvalue weighted by molar-refractivity contribution is 0.100. The first-order chi connectivity index (χ1) is 17.3. The lowest BCUT2D eigenvalue weighted by atomic mass is 10.0. The number of ether oxygens (including phenoxy) is 1. The Hall–Kier alpha value is -4.65. The van der Waals surface area contributed by atoms with Gasteiger partial charge in [-0.1, -0.05) is 24.3 Å². The quantitative estimate of drug-likeness (QED) is 0.298. The van der Waals surface area contributed by atoms with E-state index < -0.39 is 17.5 Å². The van der Waals surface area contributed by atoms with Gasteiger partial charge in [-0.05, 0) is 72.3 Å². The second-order valence-corrected chi connectivity index (χ2v) is 8.48. The number of halogens is 2. The Morgan fingerprint density at radius 1 is 0.972 bits per heavy atom. The van der Waals surface area contributed by atoms with E-state index in [1.807, 2.05) is 54.0 Å². The van der Waals surface area contributed by atoms with Gasteiger partial charge in [-0.25, -0.2) is 8.78 Å². The van der Waals surface area contributed by atoms with Gasteiger partial charge >= 0.3 is 0 Å². The van der Waals surface area contributed by atoms with Crippen LogP contribution in [0.1, 0.15) is 21.6 Å². The molecule has 0 fully saturated rings. The van der Waals surface area contributed by atoms with E-state index in [-0.39, 0.29) is 17.9 Å². The Balaban J connectivity index is 1.62. The van der Waals surface area contributed by atoms with E-state index in [4.69, 9.17) is 10.5 Å². The van der Waals surface area contributed by atoms with Crippen LogP contribution in [0.4, 0.5) is 8.78 Å². The fourth-order valence-electron chi connectivity index (χ4n) is 4.36. The Bertz CT molecular complexity index is 1620. The number of nitrogens with zero attached hydrogens (tertiary/aromatic N) is 1. The molecule has 1 amide bonds. The SMILES string of the molecule is Cc1ccc(-c2cc(O)ccc2OCc2ccc(F)cc2F)n1-c1cc(C(N)=O)c2ccccc2c1. The number of benzene rings is 4. The van der Waals surface area contributed by atoms with E-state index in [0.29, 0.717) is 28.3 Å². The Morgan fingerprint density at radius 3 is 2.56 bits per heavy atom. The summed E-state index contributed by atoms with van der Waals surface area (Å²) >= 11 is 0. The molecule has 180 valence electrons. The number of hydrogen-bond donors (Lipinski definition) is 2. The molecule has 5 aromatic rings. The minimum atomic E-state index is -0.704. The molecule has 36 heavy (non-hydrogen) atoms. The van der Waals surface area contributed by atoms with Gasteiger partial charge in [0.2, 0.25) is 5.91 Å². The Labute approximate surface area is 206 Å². The summed E-state index contributed by atoms with van der Waals surface area (Å²) in [5.74, 6) is -1.49. The van der Waals surface area contributed by atoms with E-state index in [2.05, 4.69) is 0 Å². The molecule has 0 aliphatic rings. The molecule has 0 unspecified atom stereocenters. The third kappa shape index (κ3) is 4.27. The van der Waals surface area contributed by atoms with Gasteiger partial charge in [0.25, 0.3) is 0 Å². The molecule has 0 atom stereocenters. The lowest BCUT2D eigenvalue weighted by Gasteiger charge is -2.17. The van der Waals surface area contributed by atoms with E-state index in [9.17, 15) is 18.7 Å². The van der Waals surface area contributed by atoms with Crippen molar-refractivity contribution >= 4 is 16.7 Å². The minimum Gasteiger partial charge on any atom is -0.508 e. The number of aromatic hydroxyl groups is 1. The van der Waals surface area contributed by atoms with Crippen LogP contribution in [0, 0.1) is 18.6 Å². The summed E-state index contributed by atoms with van der Waals surface area (Å²) in [6.07, 6.45) is 0. The van der Waals surface area contributed by atoms with E-state index in [1.165, 1.54) is 18.2 Å². The Kier molecular flexibility index (Phi) is 5.90. The number of rotatable bonds is 6. The molecule has 3 N–H and O–H groups in total. The van der Waals surface area contributed by atoms with E-state index >= 15 is 0 Å². The number of fused-ring (bicyclic) bond motifs is 1. The highest BCUT2D eigenvalue weighted by atomic mass is 19.1. The number of nitrogens with two attached hydrogens (primary N) is 1. The first kappa shape index (κ1) is 23.1. The van der Waals surface area contributed by atoms with Crippen molar-refractivity contribution in [2.45, 2.75) is 13.5 Å². The molecule has 5 rings (SSSR count). The summed E-state index contributed by atoms with van der Waals surface area (Å²) in [5, 5.41) is 11.9. The van der Waals surface area contributed by atoms with Crippen molar-refractivity contribution in [2.75, 3.05) is 0 Å². The second kappa shape index (κ2) is 9.19. The van der Waals surface area contributed by atoms with Crippen molar-refractivity contribution in [1.29, 1.82) is 0 Å². The number of amides is 1. The zero-order valence-corrected chi connectivity index (χ0v) is 19.3. The largest absolute Gasteiger partial charge is 0.508 e. The number of carbonyl (C=O) groups is 1. The van der Waals surface area contributed by atoms with E-state index in [1.54, 1.807) is 18.2 Å². The van der Waals surface area contributed by atoms with Crippen molar-refractivity contribution in [2.24, 2.45) is 5.73 Å². The van der Waals surface area contributed by atoms with Crippen LogP contribution in [-0.2, 0) is 6.61 Å². The molecule has 0 radical (unpaired) electrons. The maximum atomic E-state index is 14.2. The highest BCUT2D eigenvalue weighted by Gasteiger charge is 2.18. The van der Waals surface area contributed by atoms with Crippen molar-refractivity contribution in [3.8, 4) is 28.4 Å². The zero-order chi connectivity index (χ0) is 25.4. The predicted octanol–water partition coefficient (Wildman–Crippen LogP) is 6.27. The summed E-state index contributed by atoms with van der Waals surface area (Å²) in [5.41, 5.74) is 9.10. The normalized spacial score (nSPS) is 11.1. The molecule has 1 heterocycles. The van der Waals surface area contributed by atoms with Crippen molar-refractivity contribution in [1.82, 2.24) is 4.57 Å². The van der Waals surface area contributed by atoms with Crippen LogP contribution < -0.4 is 10.5 Å². The number of phenols is 1. The maximum Gasteiger partial charge on any atom is 0.249 e. The number of hydrogen-bond acceptors (Lipinski definition) is 3. The van der Waals surface area contributed by atoms with Crippen LogP contribution in [0.2, 0.25) is 0 Å². The van der Waals surface area contributed by atoms with Gasteiger partial charge in [-0.15, -0.1) is 0 Å². The van der Waals surface area contributed by atoms with Gasteiger partial charge in [0.05, 0.1) is 5.69 Å². The van der Waals surface area contributed by atoms with Crippen molar-refractivity contribution in [3.63, 3.8) is 0 Å². The molecule has 1 aromatic heterocycles. The first-order valence-corrected chi connectivity index (χ1v) is 11.2. The second-order valence-electron chi connectivity index (χ2n) is 8.48. The number of aryl methyl sites for hydroxylation is 1. The fourth-order valence-corrected chi connectivity index (χ4v) is 4.36. The third-order valence-electron chi connectivity index (χ3n) is 6.08. The van der Waals surface area contributed by atoms with Crippen molar-refractivity contribution in [3.05, 3.63) is 113 Å². The van der Waals surface area contributed by atoms with Crippen LogP contribution >= 0.6 is 0 Å². The van der Waals surface area contributed by atoms with Gasteiger partial charge in [-0.2, -0.15) is 0 Å². The van der Waals surface area contributed by atoms with Gasteiger partial charge in [0, 0.05) is 34.1 Å². The molecule has 4 aromatic carbocycles. The standard InChI is InChI=1S/C29H22F2N2O3/c1-17-6-10-27(33(17)21-12-18-4-2-3-5-23(18)24(14-21)29(32)35)25-15-22(34)9-11-28(25)36-16-19-7-8-20(30)13-26(19)31/h2-15,34H,16H2,1H3,(H2,32,35). The molecular weight excluding hydrogens is 462 g/mol. The summed E-state index contributed by atoms with van der Waals surface area (Å²) in [4.78, 5) is 12.2. The molecule has 0 saturated heterocycles. The molecule has 0 aliphatic carbocycles. The molecule has 0 bridgehead atoms. The summed E-state index contributed by atoms with van der Waals surface area (Å²) in [6.45, 7) is 1.78. The summed E-state index contributed by atoms with van der Waals surface area (Å²) in [6, 6.07) is 22.9. The van der Waals surface area contributed by atoms with Crippen LogP contribution in [0.15, 0.2) is 84.9 Å². The third-order valence-corrected chi connectivity index (χ3v) is 6.08. The summed E-state index contributed by atoms with van der Waals surface area (Å²) < 4.78 is 35.3. The number of primary amides is 1. The van der Waals surface area contributed by atoms with Crippen molar-refractivity contribution < 1.29 is 23.4 Å². The summed E-state index contributed by atoms with van der Waals surface area (Å²) in [7, 11) is 0. The number of aromatic nitrogens is 1. The molecule has 0 saturated carbocycles. The van der Waals surface area contributed by atoms with Gasteiger partial charge in [-0.3, -0.25) is 4.79 Å². The highest BCUT2D eigenvalue weighted by molar-refractivity contribution is 6.07. The van der Waals surface area contributed by atoms with Gasteiger partial charge in [0.15, 0.2) is 0 Å². The molecular formula is C29H22F2N2O3. The van der Waals surface area contributed by atoms with Gasteiger partial charge < -0.3 is 20.1 Å². The number of phenolic OH excluding ortho intramolecular Hbond substituents is 1. The van der Waals surface area contributed by atoms with Crippen LogP contribution in [0.25, 0.3) is 27.7 Å². The average molecular weight is 485 g/mol. The lowest BCUT2D eigenvalue weighted by Crippen LogP contribution is -2.12. The predicted molar refractivity (Wildman–Crippen MR) is 134 cm³/mol. The molecule has 5 nitrogen and oxygen atoms in total. The average Bonchev–Trinajstić information content (AvgIpc) is 3.24. The maximum absolute atomic E-state index is 14.2. The van der Waals surface area contributed by atoms with Crippen LogP contribution in [0.3, 0.4) is 0 Å². The fraction of sp³-hybridized carbons (Fsp3) is 0.0690. The molecule has 7 heteroatoms. The minimum absolute atomic E-state index is 0.0204. The first-order valence-electron chi connectivity index (χ1n) is 11.2. The smallest absolute Gasteiger partial charge is 0.249 e. The number of carbonyl (C=O) groups excluding carboxylic acids is 1. The monoisotopic (exact) mass is 484 g/mol. The highest BCUT2D eigenvalue weighted by Crippen LogP contribution is 2.37. The molecule has 0 spiro atoms. The zero-order valence-electron chi connectivity index (χ0n) is 19.3. The van der Waals surface area contributed by atoms with Crippen LogP contribution in [-0.4, -0.2) is 15.6 Å². The topological polar surface area (TPSA) is 77.5 Å².